The first-order chi connectivity index (χ1) is 8.95. The first kappa shape index (κ1) is 14.2. The Hall–Kier alpha value is -2.83. The van der Waals surface area contributed by atoms with Crippen molar-refractivity contribution in [3.8, 4) is 0 Å². The standard InChI is InChI=1S/C12H11NO6/c1-19-12(18)9(11(16)17)6-13-8-4-2-3-7(5-8)10(14)15/h2-6,13H,1H3,(H,14,15)(H,16,17). The highest BCUT2D eigenvalue weighted by Crippen LogP contribution is 2.11. The number of methoxy groups -OCH3 is 1. The number of carboxylic acid groups (broad SMARTS) is 2. The third kappa shape index (κ3) is 3.84. The maximum atomic E-state index is 11.1. The van der Waals surface area contributed by atoms with E-state index in [0.29, 0.717) is 5.69 Å². The Labute approximate surface area is 108 Å². The Kier molecular flexibility index (Phi) is 4.64. The van der Waals surface area contributed by atoms with Crippen molar-refractivity contribution in [3.63, 3.8) is 0 Å². The van der Waals surface area contributed by atoms with Crippen LogP contribution in [-0.2, 0) is 14.3 Å². The van der Waals surface area contributed by atoms with Crippen molar-refractivity contribution in [1.82, 2.24) is 0 Å². The zero-order chi connectivity index (χ0) is 14.4. The minimum Gasteiger partial charge on any atom is -0.478 e. The Bertz CT molecular complexity index is 549. The van der Waals surface area contributed by atoms with E-state index in [1.165, 1.54) is 24.3 Å². The molecule has 0 spiro atoms. The minimum atomic E-state index is -1.45. The van der Waals surface area contributed by atoms with Crippen molar-refractivity contribution in [2.24, 2.45) is 0 Å². The van der Waals surface area contributed by atoms with Crippen LogP contribution in [0.1, 0.15) is 10.4 Å². The van der Waals surface area contributed by atoms with Crippen LogP contribution in [0.4, 0.5) is 5.69 Å². The van der Waals surface area contributed by atoms with Crippen LogP contribution < -0.4 is 5.32 Å². The molecule has 0 saturated heterocycles. The molecule has 100 valence electrons. The van der Waals surface area contributed by atoms with E-state index in [-0.39, 0.29) is 5.56 Å². The largest absolute Gasteiger partial charge is 0.478 e. The molecule has 19 heavy (non-hydrogen) atoms. The van der Waals surface area contributed by atoms with Crippen molar-refractivity contribution in [3.05, 3.63) is 41.6 Å². The maximum Gasteiger partial charge on any atom is 0.346 e. The summed E-state index contributed by atoms with van der Waals surface area (Å²) in [6.07, 6.45) is 0.940. The Morgan fingerprint density at radius 1 is 1.26 bits per heavy atom. The number of aliphatic carboxylic acids is 1. The van der Waals surface area contributed by atoms with Gasteiger partial charge in [-0.1, -0.05) is 6.07 Å². The highest BCUT2D eigenvalue weighted by Gasteiger charge is 2.17. The van der Waals surface area contributed by atoms with Crippen LogP contribution in [0.25, 0.3) is 0 Å². The summed E-state index contributed by atoms with van der Waals surface area (Å²) in [6.45, 7) is 0. The van der Waals surface area contributed by atoms with Crippen molar-refractivity contribution in [1.29, 1.82) is 0 Å². The number of benzene rings is 1. The van der Waals surface area contributed by atoms with Crippen molar-refractivity contribution in [2.45, 2.75) is 0 Å². The van der Waals surface area contributed by atoms with Crippen LogP contribution in [0.3, 0.4) is 0 Å². The predicted molar refractivity (Wildman–Crippen MR) is 64.8 cm³/mol. The number of nitrogens with one attached hydrogen (secondary N) is 1. The fraction of sp³-hybridized carbons (Fsp3) is 0.0833. The van der Waals surface area contributed by atoms with Crippen LogP contribution in [0.15, 0.2) is 36.0 Å². The van der Waals surface area contributed by atoms with Gasteiger partial charge in [-0.15, -0.1) is 0 Å². The van der Waals surface area contributed by atoms with E-state index in [4.69, 9.17) is 10.2 Å². The molecule has 0 aromatic heterocycles. The van der Waals surface area contributed by atoms with Gasteiger partial charge in [0.15, 0.2) is 5.57 Å². The van der Waals surface area contributed by atoms with Gasteiger partial charge in [-0.3, -0.25) is 0 Å². The van der Waals surface area contributed by atoms with Gasteiger partial charge in [0.05, 0.1) is 12.7 Å². The van der Waals surface area contributed by atoms with Crippen LogP contribution in [0.5, 0.6) is 0 Å². The first-order valence-electron chi connectivity index (χ1n) is 5.07. The second-order valence-electron chi connectivity index (χ2n) is 3.39. The maximum absolute atomic E-state index is 11.1. The zero-order valence-electron chi connectivity index (χ0n) is 9.91. The molecule has 0 aliphatic carbocycles. The molecule has 0 saturated carbocycles. The third-order valence-electron chi connectivity index (χ3n) is 2.13. The van der Waals surface area contributed by atoms with Gasteiger partial charge in [0, 0.05) is 11.9 Å². The van der Waals surface area contributed by atoms with Gasteiger partial charge in [-0.2, -0.15) is 0 Å². The first-order valence-corrected chi connectivity index (χ1v) is 5.07. The van der Waals surface area contributed by atoms with Gasteiger partial charge in [0.1, 0.15) is 0 Å². The molecule has 0 unspecified atom stereocenters. The number of carboxylic acids is 2. The summed E-state index contributed by atoms with van der Waals surface area (Å²) in [5.41, 5.74) is -0.223. The molecule has 0 atom stereocenters. The molecule has 0 bridgehead atoms. The van der Waals surface area contributed by atoms with E-state index in [1.54, 1.807) is 0 Å². The van der Waals surface area contributed by atoms with Gasteiger partial charge in [-0.25, -0.2) is 14.4 Å². The molecule has 3 N–H and O–H groups in total. The lowest BCUT2D eigenvalue weighted by Gasteiger charge is -2.04. The third-order valence-corrected chi connectivity index (χ3v) is 2.13. The van der Waals surface area contributed by atoms with Gasteiger partial charge in [0.2, 0.25) is 0 Å². The number of ether oxygens (including phenoxy) is 1. The van der Waals surface area contributed by atoms with Gasteiger partial charge in [0.25, 0.3) is 0 Å². The Morgan fingerprint density at radius 2 is 1.95 bits per heavy atom. The van der Waals surface area contributed by atoms with E-state index in [0.717, 1.165) is 13.3 Å². The lowest BCUT2D eigenvalue weighted by Crippen LogP contribution is -2.15. The molecular weight excluding hydrogens is 254 g/mol. The summed E-state index contributed by atoms with van der Waals surface area (Å²) in [5.74, 6) is -3.57. The monoisotopic (exact) mass is 265 g/mol. The van der Waals surface area contributed by atoms with Gasteiger partial charge >= 0.3 is 17.9 Å². The van der Waals surface area contributed by atoms with Gasteiger partial charge < -0.3 is 20.3 Å². The van der Waals surface area contributed by atoms with Crippen LogP contribution in [-0.4, -0.2) is 35.2 Å². The van der Waals surface area contributed by atoms with Crippen molar-refractivity contribution < 1.29 is 29.3 Å². The number of hydrogen-bond donors (Lipinski definition) is 3. The highest BCUT2D eigenvalue weighted by molar-refractivity contribution is 6.13. The minimum absolute atomic E-state index is 0.0355. The second-order valence-corrected chi connectivity index (χ2v) is 3.39. The SMILES string of the molecule is COC(=O)C(=CNc1cccc(C(=O)O)c1)C(=O)O. The predicted octanol–water partition coefficient (Wildman–Crippen LogP) is 0.938. The summed E-state index contributed by atoms with van der Waals surface area (Å²) < 4.78 is 4.30. The normalized spacial score (nSPS) is 10.7. The molecule has 0 aliphatic rings. The quantitative estimate of drug-likeness (QED) is 0.314. The lowest BCUT2D eigenvalue weighted by atomic mass is 10.2. The summed E-state index contributed by atoms with van der Waals surface area (Å²) in [6, 6.07) is 5.70. The number of aromatic carboxylic acids is 1. The second kappa shape index (κ2) is 6.20. The lowest BCUT2D eigenvalue weighted by molar-refractivity contribution is -0.142. The number of rotatable bonds is 5. The molecule has 0 radical (unpaired) electrons. The van der Waals surface area contributed by atoms with E-state index in [1.807, 2.05) is 0 Å². The topological polar surface area (TPSA) is 113 Å². The number of anilines is 1. The molecule has 7 heteroatoms. The van der Waals surface area contributed by atoms with Crippen molar-refractivity contribution >= 4 is 23.6 Å². The number of esters is 1. The average molecular weight is 265 g/mol. The van der Waals surface area contributed by atoms with Crippen LogP contribution in [0, 0.1) is 0 Å². The van der Waals surface area contributed by atoms with E-state index in [9.17, 15) is 14.4 Å². The summed E-state index contributed by atoms with van der Waals surface area (Å²) in [4.78, 5) is 32.7. The fourth-order valence-electron chi connectivity index (χ4n) is 1.22. The molecule has 0 amide bonds. The molecule has 1 rings (SSSR count). The molecule has 1 aromatic rings. The molecule has 0 aliphatic heterocycles. The van der Waals surface area contributed by atoms with Crippen LogP contribution in [0.2, 0.25) is 0 Å². The van der Waals surface area contributed by atoms with Crippen LogP contribution >= 0.6 is 0 Å². The molecule has 0 heterocycles. The Morgan fingerprint density at radius 3 is 2.47 bits per heavy atom. The summed E-state index contributed by atoms with van der Waals surface area (Å²) >= 11 is 0. The highest BCUT2D eigenvalue weighted by atomic mass is 16.5. The Balaban J connectivity index is 2.95. The summed E-state index contributed by atoms with van der Waals surface area (Å²) in [5, 5.41) is 20.1. The fourth-order valence-corrected chi connectivity index (χ4v) is 1.22. The summed E-state index contributed by atoms with van der Waals surface area (Å²) in [7, 11) is 1.06. The van der Waals surface area contributed by atoms with E-state index < -0.39 is 23.5 Å². The van der Waals surface area contributed by atoms with Gasteiger partial charge in [-0.05, 0) is 18.2 Å². The number of carbonyl (C=O) groups is 3. The molecule has 7 nitrogen and oxygen atoms in total. The zero-order valence-corrected chi connectivity index (χ0v) is 9.91. The molecule has 0 fully saturated rings. The smallest absolute Gasteiger partial charge is 0.346 e. The van der Waals surface area contributed by atoms with E-state index >= 15 is 0 Å². The molecule has 1 aromatic carbocycles. The van der Waals surface area contributed by atoms with Crippen molar-refractivity contribution in [2.75, 3.05) is 12.4 Å². The number of hydrogen-bond acceptors (Lipinski definition) is 5. The molecular formula is C12H11NO6. The van der Waals surface area contributed by atoms with E-state index in [2.05, 4.69) is 10.1 Å². The number of carbonyl (C=O) groups excluding carboxylic acids is 1. The average Bonchev–Trinajstić information content (AvgIpc) is 2.38.